The van der Waals surface area contributed by atoms with Gasteiger partial charge in [0.1, 0.15) is 0 Å². The number of carbonyl (C=O) groups excluding carboxylic acids is 1. The first-order chi connectivity index (χ1) is 8.74. The van der Waals surface area contributed by atoms with Crippen LogP contribution in [0.1, 0.15) is 41.7 Å². The van der Waals surface area contributed by atoms with Gasteiger partial charge >= 0.3 is 0 Å². The van der Waals surface area contributed by atoms with Crippen molar-refractivity contribution in [3.63, 3.8) is 0 Å². The van der Waals surface area contributed by atoms with Gasteiger partial charge in [-0.1, -0.05) is 0 Å². The highest BCUT2D eigenvalue weighted by Gasteiger charge is 2.18. The van der Waals surface area contributed by atoms with Crippen LogP contribution in [-0.4, -0.2) is 33.5 Å². The van der Waals surface area contributed by atoms with E-state index in [9.17, 15) is 4.79 Å². The summed E-state index contributed by atoms with van der Waals surface area (Å²) in [6.07, 6.45) is 5.60. The van der Waals surface area contributed by atoms with Crippen LogP contribution in [0.3, 0.4) is 0 Å². The number of fused-ring (bicyclic) bond motifs is 1. The molecule has 2 aromatic rings. The van der Waals surface area contributed by atoms with Crippen LogP contribution in [0.2, 0.25) is 0 Å². The fraction of sp³-hybridized carbons (Fsp3) is 0.462. The Bertz CT molecular complexity index is 584. The molecule has 2 aromatic heterocycles. The van der Waals surface area contributed by atoms with Gasteiger partial charge < -0.3 is 5.32 Å². The number of nitrogens with one attached hydrogen (secondary N) is 1. The summed E-state index contributed by atoms with van der Waals surface area (Å²) in [4.78, 5) is 15.6. The largest absolute Gasteiger partial charge is 0.317 e. The maximum absolute atomic E-state index is 11.3. The maximum Gasteiger partial charge on any atom is 0.162 e. The number of Topliss-reactive ketones (excluding diaryl/α,β-unsaturated/α-hetero) is 1. The van der Waals surface area contributed by atoms with Crippen LogP contribution in [-0.2, 0) is 0 Å². The highest BCUT2D eigenvalue weighted by molar-refractivity contribution is 5.93. The van der Waals surface area contributed by atoms with E-state index in [1.165, 1.54) is 0 Å². The molecule has 0 atom stereocenters. The molecule has 1 aliphatic rings. The standard InChI is InChI=1S/C13H16N4O/c1-9(18)11-7-15-13-6-12(16-17(13)8-11)10-2-4-14-5-3-10/h6-8,10,14H,2-5H2,1H3. The van der Waals surface area contributed by atoms with E-state index in [4.69, 9.17) is 0 Å². The second-order valence-electron chi connectivity index (χ2n) is 4.80. The lowest BCUT2D eigenvalue weighted by Gasteiger charge is -2.20. The molecule has 1 fully saturated rings. The summed E-state index contributed by atoms with van der Waals surface area (Å²) in [5.74, 6) is 0.525. The third kappa shape index (κ3) is 2.01. The van der Waals surface area contributed by atoms with E-state index < -0.39 is 0 Å². The van der Waals surface area contributed by atoms with Gasteiger partial charge in [-0.05, 0) is 32.9 Å². The monoisotopic (exact) mass is 244 g/mol. The Morgan fingerprint density at radius 1 is 1.44 bits per heavy atom. The van der Waals surface area contributed by atoms with Crippen LogP contribution in [0.25, 0.3) is 5.65 Å². The first-order valence-corrected chi connectivity index (χ1v) is 6.31. The van der Waals surface area contributed by atoms with Crippen LogP contribution in [0.15, 0.2) is 18.5 Å². The van der Waals surface area contributed by atoms with Crippen molar-refractivity contribution in [1.29, 1.82) is 0 Å². The number of piperidine rings is 1. The average Bonchev–Trinajstić information content (AvgIpc) is 2.82. The summed E-state index contributed by atoms with van der Waals surface area (Å²) < 4.78 is 1.72. The SMILES string of the molecule is CC(=O)c1cnc2cc(C3CCNCC3)nn2c1. The van der Waals surface area contributed by atoms with Crippen molar-refractivity contribution in [3.05, 3.63) is 29.7 Å². The lowest BCUT2D eigenvalue weighted by molar-refractivity contribution is 0.101. The molecule has 94 valence electrons. The molecule has 0 amide bonds. The Morgan fingerprint density at radius 3 is 2.94 bits per heavy atom. The molecule has 18 heavy (non-hydrogen) atoms. The molecular weight excluding hydrogens is 228 g/mol. The molecule has 5 heteroatoms. The molecule has 0 radical (unpaired) electrons. The number of ketones is 1. The number of nitrogens with zero attached hydrogens (tertiary/aromatic N) is 3. The lowest BCUT2D eigenvalue weighted by atomic mass is 9.95. The molecule has 0 bridgehead atoms. The van der Waals surface area contributed by atoms with Crippen molar-refractivity contribution in [3.8, 4) is 0 Å². The Labute approximate surface area is 105 Å². The molecule has 5 nitrogen and oxygen atoms in total. The predicted octanol–water partition coefficient (Wildman–Crippen LogP) is 1.40. The van der Waals surface area contributed by atoms with Gasteiger partial charge in [-0.2, -0.15) is 5.10 Å². The summed E-state index contributed by atoms with van der Waals surface area (Å²) in [5, 5.41) is 7.90. The molecule has 3 heterocycles. The third-order valence-electron chi connectivity index (χ3n) is 3.50. The molecule has 0 saturated carbocycles. The summed E-state index contributed by atoms with van der Waals surface area (Å²) >= 11 is 0. The molecular formula is C13H16N4O. The Hall–Kier alpha value is -1.75. The van der Waals surface area contributed by atoms with Crippen molar-refractivity contribution in [2.24, 2.45) is 0 Å². The van der Waals surface area contributed by atoms with Crippen molar-refractivity contribution >= 4 is 11.4 Å². The second kappa shape index (κ2) is 4.49. The minimum Gasteiger partial charge on any atom is -0.317 e. The molecule has 0 aromatic carbocycles. The van der Waals surface area contributed by atoms with Gasteiger partial charge in [-0.3, -0.25) is 4.79 Å². The molecule has 1 saturated heterocycles. The van der Waals surface area contributed by atoms with E-state index in [-0.39, 0.29) is 5.78 Å². The normalized spacial score (nSPS) is 17.2. The average molecular weight is 244 g/mol. The van der Waals surface area contributed by atoms with Gasteiger partial charge in [0.25, 0.3) is 0 Å². The zero-order chi connectivity index (χ0) is 12.5. The van der Waals surface area contributed by atoms with E-state index in [1.54, 1.807) is 23.8 Å². The van der Waals surface area contributed by atoms with Gasteiger partial charge in [0.2, 0.25) is 0 Å². The summed E-state index contributed by atoms with van der Waals surface area (Å²) in [6.45, 7) is 3.63. The van der Waals surface area contributed by atoms with Crippen molar-refractivity contribution in [2.75, 3.05) is 13.1 Å². The molecule has 0 aliphatic carbocycles. The summed E-state index contributed by atoms with van der Waals surface area (Å²) in [7, 11) is 0. The zero-order valence-corrected chi connectivity index (χ0v) is 10.4. The summed E-state index contributed by atoms with van der Waals surface area (Å²) in [5.41, 5.74) is 2.50. The van der Waals surface area contributed by atoms with E-state index >= 15 is 0 Å². The minimum atomic E-state index is 0.0170. The fourth-order valence-corrected chi connectivity index (χ4v) is 2.39. The van der Waals surface area contributed by atoms with Crippen LogP contribution >= 0.6 is 0 Å². The highest BCUT2D eigenvalue weighted by Crippen LogP contribution is 2.24. The fourth-order valence-electron chi connectivity index (χ4n) is 2.39. The van der Waals surface area contributed by atoms with Crippen LogP contribution in [0, 0.1) is 0 Å². The van der Waals surface area contributed by atoms with Crippen LogP contribution in [0.4, 0.5) is 0 Å². The van der Waals surface area contributed by atoms with E-state index in [0.717, 1.165) is 37.3 Å². The number of rotatable bonds is 2. The van der Waals surface area contributed by atoms with E-state index in [0.29, 0.717) is 11.5 Å². The van der Waals surface area contributed by atoms with E-state index in [1.807, 2.05) is 6.07 Å². The van der Waals surface area contributed by atoms with Gasteiger partial charge in [-0.25, -0.2) is 9.50 Å². The van der Waals surface area contributed by atoms with Crippen molar-refractivity contribution in [1.82, 2.24) is 19.9 Å². The zero-order valence-electron chi connectivity index (χ0n) is 10.4. The first kappa shape index (κ1) is 11.3. The predicted molar refractivity (Wildman–Crippen MR) is 67.8 cm³/mol. The lowest BCUT2D eigenvalue weighted by Crippen LogP contribution is -2.26. The smallest absolute Gasteiger partial charge is 0.162 e. The van der Waals surface area contributed by atoms with Crippen LogP contribution < -0.4 is 5.32 Å². The highest BCUT2D eigenvalue weighted by atomic mass is 16.1. The Kier molecular flexibility index (Phi) is 2.83. The van der Waals surface area contributed by atoms with Gasteiger partial charge in [-0.15, -0.1) is 0 Å². The van der Waals surface area contributed by atoms with Crippen molar-refractivity contribution in [2.45, 2.75) is 25.7 Å². The Morgan fingerprint density at radius 2 is 2.22 bits per heavy atom. The third-order valence-corrected chi connectivity index (χ3v) is 3.50. The van der Waals surface area contributed by atoms with Crippen LogP contribution in [0.5, 0.6) is 0 Å². The van der Waals surface area contributed by atoms with Gasteiger partial charge in [0.15, 0.2) is 11.4 Å². The maximum atomic E-state index is 11.3. The van der Waals surface area contributed by atoms with Crippen molar-refractivity contribution < 1.29 is 4.79 Å². The molecule has 0 unspecified atom stereocenters. The first-order valence-electron chi connectivity index (χ1n) is 6.31. The minimum absolute atomic E-state index is 0.0170. The summed E-state index contributed by atoms with van der Waals surface area (Å²) in [6, 6.07) is 2.03. The molecule has 0 spiro atoms. The molecule has 1 N–H and O–H groups in total. The second-order valence-corrected chi connectivity index (χ2v) is 4.80. The van der Waals surface area contributed by atoms with Gasteiger partial charge in [0, 0.05) is 24.4 Å². The van der Waals surface area contributed by atoms with E-state index in [2.05, 4.69) is 15.4 Å². The molecule has 3 rings (SSSR count). The number of carbonyl (C=O) groups is 1. The molecule has 1 aliphatic heterocycles. The number of hydrogen-bond acceptors (Lipinski definition) is 4. The number of hydrogen-bond donors (Lipinski definition) is 1. The Balaban J connectivity index is 1.97. The van der Waals surface area contributed by atoms with Gasteiger partial charge in [0.05, 0.1) is 11.3 Å². The quantitative estimate of drug-likeness (QED) is 0.811. The topological polar surface area (TPSA) is 59.3 Å². The number of aromatic nitrogens is 3.